The number of ether oxygens (including phenoxy) is 2. The Labute approximate surface area is 201 Å². The summed E-state index contributed by atoms with van der Waals surface area (Å²) in [5.41, 5.74) is 6.08. The van der Waals surface area contributed by atoms with Crippen LogP contribution in [-0.4, -0.2) is 74.5 Å². The summed E-state index contributed by atoms with van der Waals surface area (Å²) in [4.78, 5) is 46.6. The Morgan fingerprint density at radius 1 is 1.20 bits per heavy atom. The molecule has 2 aromatic rings. The first-order valence-electron chi connectivity index (χ1n) is 9.39. The maximum absolute atomic E-state index is 12.0. The molecule has 2 unspecified atom stereocenters. The number of imidazole rings is 1. The highest BCUT2D eigenvalue weighted by Gasteiger charge is 2.54. The van der Waals surface area contributed by atoms with E-state index in [1.165, 1.54) is 17.8 Å². The summed E-state index contributed by atoms with van der Waals surface area (Å²) < 4.78 is 58.3. The summed E-state index contributed by atoms with van der Waals surface area (Å²) in [6.07, 6.45) is -2.88. The van der Waals surface area contributed by atoms with Gasteiger partial charge in [-0.15, -0.1) is 11.6 Å². The van der Waals surface area contributed by atoms with Crippen molar-refractivity contribution in [2.75, 3.05) is 18.9 Å². The minimum Gasteiger partial charge on any atom is -0.476 e. The molecule has 1 aliphatic heterocycles. The largest absolute Gasteiger partial charge is 0.490 e. The van der Waals surface area contributed by atoms with Crippen LogP contribution in [0, 0.1) is 0 Å². The average Bonchev–Trinajstić information content (AvgIpc) is 3.17. The molecular formula is C13H21ClN5O13P3. The van der Waals surface area contributed by atoms with E-state index in [4.69, 9.17) is 36.6 Å². The van der Waals surface area contributed by atoms with Gasteiger partial charge in [0.05, 0.1) is 19.5 Å². The highest BCUT2D eigenvalue weighted by molar-refractivity contribution is 7.66. The van der Waals surface area contributed by atoms with Crippen LogP contribution in [0.4, 0.5) is 5.95 Å². The Kier molecular flexibility index (Phi) is 8.03. The van der Waals surface area contributed by atoms with Crippen LogP contribution in [0.1, 0.15) is 20.1 Å². The highest BCUT2D eigenvalue weighted by Crippen LogP contribution is 2.66. The maximum Gasteiger partial charge on any atom is 0.490 e. The number of anilines is 1. The van der Waals surface area contributed by atoms with Crippen LogP contribution in [-0.2, 0) is 31.6 Å². The zero-order chi connectivity index (χ0) is 26.4. The second-order valence-corrected chi connectivity index (χ2v) is 12.4. The molecule has 0 spiro atoms. The molecule has 198 valence electrons. The fourth-order valence-electron chi connectivity index (χ4n) is 3.14. The molecule has 35 heavy (non-hydrogen) atoms. The minimum absolute atomic E-state index is 0.0905. The van der Waals surface area contributed by atoms with Crippen molar-refractivity contribution >= 4 is 52.2 Å². The topological polar surface area (TPSA) is 268 Å². The number of phosphoric ester groups is 1. The summed E-state index contributed by atoms with van der Waals surface area (Å²) >= 11 is 6.50. The zero-order valence-electron chi connectivity index (χ0n) is 17.8. The van der Waals surface area contributed by atoms with Crippen LogP contribution in [0.5, 0.6) is 5.88 Å². The van der Waals surface area contributed by atoms with Gasteiger partial charge in [-0.05, 0) is 13.8 Å². The van der Waals surface area contributed by atoms with E-state index in [1.54, 1.807) is 6.92 Å². The van der Waals surface area contributed by atoms with Crippen molar-refractivity contribution in [2.45, 2.75) is 37.2 Å². The molecule has 0 aromatic carbocycles. The molecule has 0 bridgehead atoms. The van der Waals surface area contributed by atoms with Crippen molar-refractivity contribution in [3.63, 3.8) is 0 Å². The molecule has 3 heterocycles. The van der Waals surface area contributed by atoms with Gasteiger partial charge < -0.3 is 39.9 Å². The number of aromatic nitrogens is 4. The lowest BCUT2D eigenvalue weighted by Crippen LogP contribution is -2.39. The van der Waals surface area contributed by atoms with E-state index >= 15 is 0 Å². The summed E-state index contributed by atoms with van der Waals surface area (Å²) in [6.45, 7) is 2.44. The van der Waals surface area contributed by atoms with Crippen molar-refractivity contribution in [1.29, 1.82) is 0 Å². The third-order valence-electron chi connectivity index (χ3n) is 4.48. The smallest absolute Gasteiger partial charge is 0.476 e. The zero-order valence-corrected chi connectivity index (χ0v) is 21.3. The molecule has 0 aliphatic carbocycles. The van der Waals surface area contributed by atoms with Crippen molar-refractivity contribution in [3.05, 3.63) is 6.33 Å². The number of halogens is 1. The summed E-state index contributed by atoms with van der Waals surface area (Å²) in [7, 11) is -16.7. The number of fused-ring (bicyclic) bond motifs is 1. The standard InChI is InChI=1S/C13H21ClN5O13P3/c1-3-28-10-7-9(17-12(15)18-10)19(5-16-7)11-13(2,14)8(20)6(30-11)4-29-34(24,25)32-35(26,27)31-33(21,22)23/h5-6,8,11,20H,3-4H2,1-2H3,(H,24,25)(H,26,27)(H2,15,17,18)(H2,21,22,23)/t6-,8-,11-,13-/m1/s1. The lowest BCUT2D eigenvalue weighted by atomic mass is 10.0. The van der Waals surface area contributed by atoms with Gasteiger partial charge in [0.15, 0.2) is 17.4 Å². The monoisotopic (exact) mass is 583 g/mol. The first-order valence-corrected chi connectivity index (χ1v) is 14.3. The minimum atomic E-state index is -5.71. The number of rotatable bonds is 10. The number of aliphatic hydroxyl groups excluding tert-OH is 1. The Hall–Kier alpha value is -1.23. The summed E-state index contributed by atoms with van der Waals surface area (Å²) in [5, 5.41) is 10.6. The van der Waals surface area contributed by atoms with Crippen LogP contribution < -0.4 is 10.5 Å². The number of nitrogens with two attached hydrogens (primary N) is 1. The van der Waals surface area contributed by atoms with Crippen LogP contribution in [0.2, 0.25) is 0 Å². The molecule has 7 N–H and O–H groups in total. The molecule has 18 nitrogen and oxygen atoms in total. The van der Waals surface area contributed by atoms with Gasteiger partial charge in [-0.1, -0.05) is 0 Å². The Morgan fingerprint density at radius 2 is 1.86 bits per heavy atom. The molecule has 0 radical (unpaired) electrons. The lowest BCUT2D eigenvalue weighted by Gasteiger charge is -2.26. The predicted molar refractivity (Wildman–Crippen MR) is 115 cm³/mol. The van der Waals surface area contributed by atoms with Crippen molar-refractivity contribution in [3.8, 4) is 5.88 Å². The van der Waals surface area contributed by atoms with E-state index in [-0.39, 0.29) is 29.6 Å². The quantitative estimate of drug-likeness (QED) is 0.163. The molecule has 1 saturated heterocycles. The molecule has 2 aromatic heterocycles. The van der Waals surface area contributed by atoms with E-state index in [0.717, 1.165) is 0 Å². The average molecular weight is 584 g/mol. The van der Waals surface area contributed by atoms with Crippen LogP contribution >= 0.6 is 35.1 Å². The summed E-state index contributed by atoms with van der Waals surface area (Å²) in [6, 6.07) is 0. The van der Waals surface area contributed by atoms with Gasteiger partial charge >= 0.3 is 23.5 Å². The Bertz CT molecular complexity index is 1240. The predicted octanol–water partition coefficient (Wildman–Crippen LogP) is 0.406. The second kappa shape index (κ2) is 9.91. The number of nitrogens with zero attached hydrogens (tertiary/aromatic N) is 4. The number of phosphoric acid groups is 3. The molecule has 0 saturated carbocycles. The number of nitrogen functional groups attached to an aromatic ring is 1. The number of hydrogen-bond donors (Lipinski definition) is 6. The molecule has 1 aliphatic rings. The second-order valence-electron chi connectivity index (χ2n) is 7.15. The van der Waals surface area contributed by atoms with Crippen LogP contribution in [0.25, 0.3) is 11.2 Å². The van der Waals surface area contributed by atoms with Gasteiger partial charge in [0.1, 0.15) is 17.1 Å². The third-order valence-corrected chi connectivity index (χ3v) is 8.69. The Balaban J connectivity index is 1.80. The first-order chi connectivity index (χ1) is 16.0. The van der Waals surface area contributed by atoms with Gasteiger partial charge in [0.2, 0.25) is 11.8 Å². The number of aliphatic hydroxyl groups is 1. The number of hydrogen-bond acceptors (Lipinski definition) is 13. The molecule has 3 rings (SSSR count). The molecular weight excluding hydrogens is 563 g/mol. The van der Waals surface area contributed by atoms with E-state index in [1.807, 2.05) is 0 Å². The fourth-order valence-corrected chi connectivity index (χ4v) is 6.46. The van der Waals surface area contributed by atoms with Crippen molar-refractivity contribution < 1.29 is 61.0 Å². The molecule has 6 atom stereocenters. The van der Waals surface area contributed by atoms with Crippen LogP contribution in [0.15, 0.2) is 6.33 Å². The first kappa shape index (κ1) is 28.3. The third kappa shape index (κ3) is 6.56. The van der Waals surface area contributed by atoms with Gasteiger partial charge in [0.25, 0.3) is 0 Å². The van der Waals surface area contributed by atoms with Gasteiger partial charge in [0, 0.05) is 0 Å². The van der Waals surface area contributed by atoms with Crippen LogP contribution in [0.3, 0.4) is 0 Å². The fraction of sp³-hybridized carbons (Fsp3) is 0.615. The summed E-state index contributed by atoms with van der Waals surface area (Å²) in [5.74, 6) is -0.0606. The lowest BCUT2D eigenvalue weighted by molar-refractivity contribution is -0.0432. The van der Waals surface area contributed by atoms with E-state index < -0.39 is 53.4 Å². The maximum atomic E-state index is 12.0. The van der Waals surface area contributed by atoms with Gasteiger partial charge in [-0.3, -0.25) is 9.09 Å². The van der Waals surface area contributed by atoms with Crippen molar-refractivity contribution in [1.82, 2.24) is 19.5 Å². The molecule has 1 fully saturated rings. The van der Waals surface area contributed by atoms with Gasteiger partial charge in [-0.2, -0.15) is 18.6 Å². The van der Waals surface area contributed by atoms with E-state index in [2.05, 4.69) is 28.1 Å². The van der Waals surface area contributed by atoms with E-state index in [0.29, 0.717) is 0 Å². The van der Waals surface area contributed by atoms with Gasteiger partial charge in [-0.25, -0.2) is 18.7 Å². The Morgan fingerprint density at radius 3 is 2.46 bits per heavy atom. The van der Waals surface area contributed by atoms with Crippen molar-refractivity contribution in [2.24, 2.45) is 0 Å². The molecule has 22 heteroatoms. The highest BCUT2D eigenvalue weighted by atomic mass is 35.5. The van der Waals surface area contributed by atoms with E-state index in [9.17, 15) is 28.6 Å². The molecule has 0 amide bonds. The number of alkyl halides is 1. The SMILES string of the molecule is CCOc1nc(N)nc2c1ncn2[C@@H]1O[C@H](COP(=O)(O)OP(=O)(O)OP(=O)(O)O)[C@@H](O)[C@@]1(C)Cl. The normalized spacial score (nSPS) is 28.6.